The lowest BCUT2D eigenvalue weighted by Gasteiger charge is -2.29. The molecule has 0 saturated carbocycles. The Morgan fingerprint density at radius 3 is 2.94 bits per heavy atom. The zero-order valence-electron chi connectivity index (χ0n) is 10.3. The van der Waals surface area contributed by atoms with E-state index in [2.05, 4.69) is 30.2 Å². The second-order valence-corrected chi connectivity index (χ2v) is 4.84. The predicted molar refractivity (Wildman–Crippen MR) is 64.2 cm³/mol. The molecular weight excluding hydrogens is 200 g/mol. The van der Waals surface area contributed by atoms with E-state index in [4.69, 9.17) is 4.74 Å². The standard InChI is InChI=1S/C13H20N2O/c1-10-4-5-12(8-14-10)9-15-13(3)6-7-16-11(13)2/h4-5,8,11,15H,6-7,9H2,1-3H3. The maximum Gasteiger partial charge on any atom is 0.0726 e. The lowest BCUT2D eigenvalue weighted by Crippen LogP contribution is -2.47. The Morgan fingerprint density at radius 1 is 1.56 bits per heavy atom. The lowest BCUT2D eigenvalue weighted by molar-refractivity contribution is 0.0881. The van der Waals surface area contributed by atoms with Gasteiger partial charge in [0, 0.05) is 30.6 Å². The Hall–Kier alpha value is -0.930. The monoisotopic (exact) mass is 220 g/mol. The van der Waals surface area contributed by atoms with Gasteiger partial charge in [-0.05, 0) is 38.8 Å². The first-order valence-corrected chi connectivity index (χ1v) is 5.88. The molecule has 2 unspecified atom stereocenters. The van der Waals surface area contributed by atoms with Gasteiger partial charge in [0.05, 0.1) is 6.10 Å². The highest BCUT2D eigenvalue weighted by Gasteiger charge is 2.36. The van der Waals surface area contributed by atoms with Crippen molar-refractivity contribution in [1.29, 1.82) is 0 Å². The topological polar surface area (TPSA) is 34.1 Å². The summed E-state index contributed by atoms with van der Waals surface area (Å²) in [5.41, 5.74) is 2.39. The van der Waals surface area contributed by atoms with Crippen molar-refractivity contribution in [1.82, 2.24) is 10.3 Å². The summed E-state index contributed by atoms with van der Waals surface area (Å²) in [6.45, 7) is 8.08. The summed E-state index contributed by atoms with van der Waals surface area (Å²) in [6.07, 6.45) is 3.30. The first-order chi connectivity index (χ1) is 7.60. The van der Waals surface area contributed by atoms with Crippen molar-refractivity contribution in [3.8, 4) is 0 Å². The van der Waals surface area contributed by atoms with Gasteiger partial charge >= 0.3 is 0 Å². The van der Waals surface area contributed by atoms with Crippen molar-refractivity contribution < 1.29 is 4.74 Å². The molecule has 1 N–H and O–H groups in total. The number of aromatic nitrogens is 1. The van der Waals surface area contributed by atoms with Crippen LogP contribution in [0, 0.1) is 6.92 Å². The van der Waals surface area contributed by atoms with Gasteiger partial charge < -0.3 is 10.1 Å². The van der Waals surface area contributed by atoms with E-state index in [-0.39, 0.29) is 11.6 Å². The first-order valence-electron chi connectivity index (χ1n) is 5.88. The van der Waals surface area contributed by atoms with Gasteiger partial charge in [0.25, 0.3) is 0 Å². The second-order valence-electron chi connectivity index (χ2n) is 4.84. The normalized spacial score (nSPS) is 29.6. The molecule has 3 heteroatoms. The summed E-state index contributed by atoms with van der Waals surface area (Å²) in [5.74, 6) is 0. The van der Waals surface area contributed by atoms with Gasteiger partial charge in [-0.15, -0.1) is 0 Å². The molecule has 2 atom stereocenters. The van der Waals surface area contributed by atoms with E-state index in [0.29, 0.717) is 0 Å². The first kappa shape index (κ1) is 11.6. The van der Waals surface area contributed by atoms with Crippen LogP contribution < -0.4 is 5.32 Å². The van der Waals surface area contributed by atoms with Crippen LogP contribution in [0.1, 0.15) is 31.5 Å². The Morgan fingerprint density at radius 2 is 2.38 bits per heavy atom. The van der Waals surface area contributed by atoms with E-state index in [1.807, 2.05) is 19.2 Å². The molecule has 0 aromatic carbocycles. The van der Waals surface area contributed by atoms with E-state index in [1.165, 1.54) is 5.56 Å². The Balaban J connectivity index is 1.94. The highest BCUT2D eigenvalue weighted by atomic mass is 16.5. The van der Waals surface area contributed by atoms with Gasteiger partial charge in [-0.3, -0.25) is 4.98 Å². The molecule has 1 fully saturated rings. The van der Waals surface area contributed by atoms with Crippen LogP contribution in [0.4, 0.5) is 0 Å². The third kappa shape index (κ3) is 2.42. The van der Waals surface area contributed by atoms with Crippen LogP contribution in [0.3, 0.4) is 0 Å². The Bertz CT molecular complexity index is 349. The van der Waals surface area contributed by atoms with Crippen LogP contribution in [0.2, 0.25) is 0 Å². The summed E-state index contributed by atoms with van der Waals surface area (Å²) in [7, 11) is 0. The summed E-state index contributed by atoms with van der Waals surface area (Å²) < 4.78 is 5.60. The van der Waals surface area contributed by atoms with Crippen LogP contribution in [-0.2, 0) is 11.3 Å². The molecule has 2 heterocycles. The third-order valence-electron chi connectivity index (χ3n) is 3.56. The minimum Gasteiger partial charge on any atom is -0.377 e. The fourth-order valence-electron chi connectivity index (χ4n) is 1.97. The SMILES string of the molecule is Cc1ccc(CNC2(C)CCOC2C)cn1. The largest absolute Gasteiger partial charge is 0.377 e. The molecule has 1 aliphatic heterocycles. The minimum atomic E-state index is 0.102. The number of hydrogen-bond donors (Lipinski definition) is 1. The minimum absolute atomic E-state index is 0.102. The number of hydrogen-bond acceptors (Lipinski definition) is 3. The van der Waals surface area contributed by atoms with Crippen molar-refractivity contribution in [2.45, 2.75) is 45.4 Å². The van der Waals surface area contributed by atoms with Crippen molar-refractivity contribution in [2.24, 2.45) is 0 Å². The zero-order valence-corrected chi connectivity index (χ0v) is 10.3. The van der Waals surface area contributed by atoms with E-state index in [9.17, 15) is 0 Å². The van der Waals surface area contributed by atoms with Gasteiger partial charge in [-0.1, -0.05) is 6.07 Å². The van der Waals surface area contributed by atoms with Crippen LogP contribution in [0.5, 0.6) is 0 Å². The molecule has 16 heavy (non-hydrogen) atoms. The molecule has 88 valence electrons. The van der Waals surface area contributed by atoms with Gasteiger partial charge in [0.15, 0.2) is 0 Å². The Labute approximate surface area is 97.2 Å². The summed E-state index contributed by atoms with van der Waals surface area (Å²) in [4.78, 5) is 4.29. The lowest BCUT2D eigenvalue weighted by atomic mass is 9.94. The van der Waals surface area contributed by atoms with Gasteiger partial charge in [0.1, 0.15) is 0 Å². The smallest absolute Gasteiger partial charge is 0.0726 e. The molecule has 0 amide bonds. The second kappa shape index (κ2) is 4.52. The van der Waals surface area contributed by atoms with Crippen molar-refractivity contribution >= 4 is 0 Å². The molecule has 1 aromatic rings. The molecule has 1 aromatic heterocycles. The number of pyridine rings is 1. The maximum absolute atomic E-state index is 5.60. The number of nitrogens with one attached hydrogen (secondary N) is 1. The summed E-state index contributed by atoms with van der Waals surface area (Å²) in [5, 5.41) is 3.58. The van der Waals surface area contributed by atoms with Gasteiger partial charge in [-0.2, -0.15) is 0 Å². The van der Waals surface area contributed by atoms with E-state index < -0.39 is 0 Å². The quantitative estimate of drug-likeness (QED) is 0.846. The summed E-state index contributed by atoms with van der Waals surface area (Å²) >= 11 is 0. The number of nitrogens with zero attached hydrogens (tertiary/aromatic N) is 1. The van der Waals surface area contributed by atoms with E-state index in [0.717, 1.165) is 25.3 Å². The molecule has 0 bridgehead atoms. The van der Waals surface area contributed by atoms with Crippen molar-refractivity contribution in [2.75, 3.05) is 6.61 Å². The molecular formula is C13H20N2O. The highest BCUT2D eigenvalue weighted by Crippen LogP contribution is 2.25. The fraction of sp³-hybridized carbons (Fsp3) is 0.615. The number of aryl methyl sites for hydroxylation is 1. The molecule has 0 aliphatic carbocycles. The van der Waals surface area contributed by atoms with Crippen LogP contribution >= 0.6 is 0 Å². The summed E-state index contributed by atoms with van der Waals surface area (Å²) in [6, 6.07) is 4.17. The predicted octanol–water partition coefficient (Wildman–Crippen LogP) is 2.05. The van der Waals surface area contributed by atoms with E-state index >= 15 is 0 Å². The van der Waals surface area contributed by atoms with Crippen molar-refractivity contribution in [3.05, 3.63) is 29.6 Å². The van der Waals surface area contributed by atoms with Gasteiger partial charge in [-0.25, -0.2) is 0 Å². The molecule has 3 nitrogen and oxygen atoms in total. The molecule has 1 aliphatic rings. The average Bonchev–Trinajstić information content (AvgIpc) is 2.59. The van der Waals surface area contributed by atoms with Crippen LogP contribution in [-0.4, -0.2) is 23.2 Å². The van der Waals surface area contributed by atoms with Crippen molar-refractivity contribution in [3.63, 3.8) is 0 Å². The third-order valence-corrected chi connectivity index (χ3v) is 3.56. The molecule has 0 radical (unpaired) electrons. The highest BCUT2D eigenvalue weighted by molar-refractivity contribution is 5.13. The zero-order chi connectivity index (χ0) is 11.6. The fourth-order valence-corrected chi connectivity index (χ4v) is 1.97. The van der Waals surface area contributed by atoms with E-state index in [1.54, 1.807) is 0 Å². The van der Waals surface area contributed by atoms with Crippen LogP contribution in [0.15, 0.2) is 18.3 Å². The Kier molecular flexibility index (Phi) is 3.26. The molecule has 2 rings (SSSR count). The van der Waals surface area contributed by atoms with Gasteiger partial charge in [0.2, 0.25) is 0 Å². The average molecular weight is 220 g/mol. The number of rotatable bonds is 3. The maximum atomic E-state index is 5.60. The van der Waals surface area contributed by atoms with Crippen LogP contribution in [0.25, 0.3) is 0 Å². The molecule has 1 saturated heterocycles. The molecule has 0 spiro atoms. The number of ether oxygens (including phenoxy) is 1.